The minimum atomic E-state index is -3.50. The van der Waals surface area contributed by atoms with Crippen LogP contribution in [-0.4, -0.2) is 31.3 Å². The standard InChI is InChI=1S/C24H21FN4O3S/c1-26-33(31,32)19-10-6-16(7-11-19)8-13-24(30)27-18-9-12-21-22(15-18)29-23(28-21)14-17-4-2-3-5-20(17)25/h2-13,15,26H,14H2,1H3,(H,27,30)(H,28,29)/b13-8+. The first-order valence-electron chi connectivity index (χ1n) is 10.1. The van der Waals surface area contributed by atoms with E-state index in [9.17, 15) is 17.6 Å². The monoisotopic (exact) mass is 464 g/mol. The number of carbonyl (C=O) groups excluding carboxylic acids is 1. The Bertz CT molecular complexity index is 1440. The van der Waals surface area contributed by atoms with Gasteiger partial charge in [0.25, 0.3) is 0 Å². The van der Waals surface area contributed by atoms with E-state index in [2.05, 4.69) is 20.0 Å². The fraction of sp³-hybridized carbons (Fsp3) is 0.0833. The number of hydrogen-bond donors (Lipinski definition) is 3. The highest BCUT2D eigenvalue weighted by atomic mass is 32.2. The summed E-state index contributed by atoms with van der Waals surface area (Å²) >= 11 is 0. The second-order valence-corrected chi connectivity index (χ2v) is 9.17. The SMILES string of the molecule is CNS(=O)(=O)c1ccc(/C=C/C(=O)Nc2ccc3nc(Cc4ccccc4F)[nH]c3c2)cc1. The van der Waals surface area contributed by atoms with Crippen LogP contribution in [0.15, 0.2) is 77.7 Å². The van der Waals surface area contributed by atoms with Crippen LogP contribution in [0.2, 0.25) is 0 Å². The number of carbonyl (C=O) groups is 1. The van der Waals surface area contributed by atoms with Gasteiger partial charge in [-0.3, -0.25) is 4.79 Å². The van der Waals surface area contributed by atoms with Crippen LogP contribution in [0.4, 0.5) is 10.1 Å². The Morgan fingerprint density at radius 1 is 1.09 bits per heavy atom. The van der Waals surface area contributed by atoms with Gasteiger partial charge in [0, 0.05) is 18.2 Å². The maximum Gasteiger partial charge on any atom is 0.248 e. The maximum absolute atomic E-state index is 13.9. The number of nitrogens with zero attached hydrogens (tertiary/aromatic N) is 1. The number of fused-ring (bicyclic) bond motifs is 1. The van der Waals surface area contributed by atoms with E-state index in [4.69, 9.17) is 0 Å². The number of H-pyrrole nitrogens is 1. The Labute approximate surface area is 190 Å². The van der Waals surface area contributed by atoms with Gasteiger partial charge >= 0.3 is 0 Å². The van der Waals surface area contributed by atoms with Crippen molar-refractivity contribution in [2.75, 3.05) is 12.4 Å². The number of nitrogens with one attached hydrogen (secondary N) is 3. The van der Waals surface area contributed by atoms with Crippen LogP contribution >= 0.6 is 0 Å². The zero-order chi connectivity index (χ0) is 23.4. The van der Waals surface area contributed by atoms with Crippen LogP contribution in [0.1, 0.15) is 17.0 Å². The van der Waals surface area contributed by atoms with Crippen LogP contribution in [0.5, 0.6) is 0 Å². The van der Waals surface area contributed by atoms with E-state index in [1.165, 1.54) is 31.3 Å². The summed E-state index contributed by atoms with van der Waals surface area (Å²) in [5.74, 6) is 0.00515. The maximum atomic E-state index is 13.9. The molecule has 0 aliphatic heterocycles. The molecule has 4 aromatic rings. The highest BCUT2D eigenvalue weighted by Gasteiger charge is 2.10. The molecule has 0 aliphatic rings. The zero-order valence-corrected chi connectivity index (χ0v) is 18.5. The summed E-state index contributed by atoms with van der Waals surface area (Å²) in [6, 6.07) is 18.0. The first-order valence-corrected chi connectivity index (χ1v) is 11.6. The van der Waals surface area contributed by atoms with Crippen LogP contribution in [0.25, 0.3) is 17.1 Å². The molecular formula is C24H21FN4O3S. The van der Waals surface area contributed by atoms with Crippen LogP contribution < -0.4 is 10.0 Å². The third-order valence-electron chi connectivity index (χ3n) is 5.00. The second kappa shape index (κ2) is 9.35. The van der Waals surface area contributed by atoms with Crippen molar-refractivity contribution < 1.29 is 17.6 Å². The molecule has 0 saturated heterocycles. The molecule has 0 saturated carbocycles. The minimum Gasteiger partial charge on any atom is -0.342 e. The molecular weight excluding hydrogens is 443 g/mol. The Kier molecular flexibility index (Phi) is 6.34. The molecule has 168 valence electrons. The molecule has 1 amide bonds. The number of aromatic nitrogens is 2. The van der Waals surface area contributed by atoms with Crippen molar-refractivity contribution in [3.05, 3.63) is 95.6 Å². The van der Waals surface area contributed by atoms with E-state index in [0.717, 1.165) is 5.52 Å². The molecule has 33 heavy (non-hydrogen) atoms. The van der Waals surface area contributed by atoms with E-state index in [1.54, 1.807) is 54.6 Å². The number of amides is 1. The Balaban J connectivity index is 1.43. The van der Waals surface area contributed by atoms with Gasteiger partial charge in [0.05, 0.1) is 15.9 Å². The van der Waals surface area contributed by atoms with Crippen molar-refractivity contribution in [2.45, 2.75) is 11.3 Å². The first-order chi connectivity index (χ1) is 15.8. The molecule has 0 atom stereocenters. The van der Waals surface area contributed by atoms with Crippen molar-refractivity contribution in [3.63, 3.8) is 0 Å². The number of anilines is 1. The summed E-state index contributed by atoms with van der Waals surface area (Å²) in [6.45, 7) is 0. The number of hydrogen-bond acceptors (Lipinski definition) is 4. The third-order valence-corrected chi connectivity index (χ3v) is 6.43. The Hall–Kier alpha value is -3.82. The van der Waals surface area contributed by atoms with Gasteiger partial charge in [-0.15, -0.1) is 0 Å². The van der Waals surface area contributed by atoms with Gasteiger partial charge in [-0.1, -0.05) is 30.3 Å². The summed E-state index contributed by atoms with van der Waals surface area (Å²) in [5.41, 5.74) is 3.25. The predicted molar refractivity (Wildman–Crippen MR) is 126 cm³/mol. The van der Waals surface area contributed by atoms with Crippen molar-refractivity contribution in [2.24, 2.45) is 0 Å². The number of rotatable bonds is 7. The summed E-state index contributed by atoms with van der Waals surface area (Å²) < 4.78 is 39.7. The van der Waals surface area contributed by atoms with Gasteiger partial charge in [0.2, 0.25) is 15.9 Å². The molecule has 1 heterocycles. The summed E-state index contributed by atoms with van der Waals surface area (Å²) in [5, 5.41) is 2.78. The lowest BCUT2D eigenvalue weighted by Crippen LogP contribution is -2.18. The summed E-state index contributed by atoms with van der Waals surface area (Å²) in [7, 11) is -2.16. The number of benzene rings is 3. The Morgan fingerprint density at radius 3 is 2.58 bits per heavy atom. The average molecular weight is 465 g/mol. The molecule has 7 nitrogen and oxygen atoms in total. The third kappa shape index (κ3) is 5.33. The van der Waals surface area contributed by atoms with Crippen molar-refractivity contribution >= 4 is 38.7 Å². The minimum absolute atomic E-state index is 0.147. The molecule has 0 unspecified atom stereocenters. The van der Waals surface area contributed by atoms with Crippen LogP contribution in [0.3, 0.4) is 0 Å². The lowest BCUT2D eigenvalue weighted by atomic mass is 10.1. The molecule has 0 fully saturated rings. The fourth-order valence-corrected chi connectivity index (χ4v) is 4.01. The molecule has 0 aliphatic carbocycles. The molecule has 3 N–H and O–H groups in total. The highest BCUT2D eigenvalue weighted by molar-refractivity contribution is 7.89. The molecule has 0 bridgehead atoms. The molecule has 0 radical (unpaired) electrons. The number of imidazole rings is 1. The van der Waals surface area contributed by atoms with E-state index >= 15 is 0 Å². The smallest absolute Gasteiger partial charge is 0.248 e. The molecule has 1 aromatic heterocycles. The van der Waals surface area contributed by atoms with Gasteiger partial charge in [-0.25, -0.2) is 22.5 Å². The first kappa shape index (κ1) is 22.4. The number of aromatic amines is 1. The lowest BCUT2D eigenvalue weighted by molar-refractivity contribution is -0.111. The van der Waals surface area contributed by atoms with Crippen LogP contribution in [-0.2, 0) is 21.2 Å². The lowest BCUT2D eigenvalue weighted by Gasteiger charge is -2.03. The van der Waals surface area contributed by atoms with Gasteiger partial charge in [-0.05, 0) is 60.6 Å². The van der Waals surface area contributed by atoms with Gasteiger partial charge in [0.1, 0.15) is 11.6 Å². The molecule has 3 aromatic carbocycles. The molecule has 0 spiro atoms. The summed E-state index contributed by atoms with van der Waals surface area (Å²) in [4.78, 5) is 20.1. The highest BCUT2D eigenvalue weighted by Crippen LogP contribution is 2.20. The van der Waals surface area contributed by atoms with E-state index in [0.29, 0.717) is 34.6 Å². The van der Waals surface area contributed by atoms with Crippen molar-refractivity contribution in [3.8, 4) is 0 Å². The normalized spacial score (nSPS) is 11.8. The van der Waals surface area contributed by atoms with E-state index in [1.807, 2.05) is 0 Å². The molecule has 9 heteroatoms. The van der Waals surface area contributed by atoms with E-state index in [-0.39, 0.29) is 16.6 Å². The number of sulfonamides is 1. The summed E-state index contributed by atoms with van der Waals surface area (Å²) in [6.07, 6.45) is 3.29. The zero-order valence-electron chi connectivity index (χ0n) is 17.7. The predicted octanol–water partition coefficient (Wildman–Crippen LogP) is 3.85. The van der Waals surface area contributed by atoms with Gasteiger partial charge in [-0.2, -0.15) is 0 Å². The van der Waals surface area contributed by atoms with Gasteiger partial charge in [0.15, 0.2) is 0 Å². The van der Waals surface area contributed by atoms with Gasteiger partial charge < -0.3 is 10.3 Å². The van der Waals surface area contributed by atoms with E-state index < -0.39 is 10.0 Å². The Morgan fingerprint density at radius 2 is 1.85 bits per heavy atom. The quantitative estimate of drug-likeness (QED) is 0.361. The van der Waals surface area contributed by atoms with Crippen molar-refractivity contribution in [1.82, 2.24) is 14.7 Å². The average Bonchev–Trinajstić information content (AvgIpc) is 3.21. The van der Waals surface area contributed by atoms with Crippen LogP contribution in [0, 0.1) is 5.82 Å². The second-order valence-electron chi connectivity index (χ2n) is 7.28. The molecule has 4 rings (SSSR count). The fourth-order valence-electron chi connectivity index (χ4n) is 3.28. The number of halogens is 1. The van der Waals surface area contributed by atoms with Crippen molar-refractivity contribution in [1.29, 1.82) is 0 Å². The largest absolute Gasteiger partial charge is 0.342 e. The topological polar surface area (TPSA) is 104 Å².